The Hall–Kier alpha value is -6.74. The second-order valence-corrected chi connectivity index (χ2v) is 22.7. The van der Waals surface area contributed by atoms with Crippen molar-refractivity contribution in [1.29, 1.82) is 0 Å². The van der Waals surface area contributed by atoms with Gasteiger partial charge in [0.05, 0.1) is 0 Å². The van der Waals surface area contributed by atoms with Gasteiger partial charge in [-0.3, -0.25) is 0 Å². The zero-order chi connectivity index (χ0) is 44.4. The van der Waals surface area contributed by atoms with E-state index in [4.69, 9.17) is 15.0 Å². The first-order chi connectivity index (χ1) is 32.3. The van der Waals surface area contributed by atoms with Crippen molar-refractivity contribution in [1.82, 2.24) is 15.0 Å². The summed E-state index contributed by atoms with van der Waals surface area (Å²) in [5, 5.41) is 3.20. The van der Waals surface area contributed by atoms with Gasteiger partial charge in [-0.2, -0.15) is 0 Å². The van der Waals surface area contributed by atoms with Gasteiger partial charge < -0.3 is 4.57 Å². The molecular formula is C61H52N3OP. The molecule has 4 aliphatic carbocycles. The van der Waals surface area contributed by atoms with E-state index in [0.29, 0.717) is 29.3 Å². The van der Waals surface area contributed by atoms with E-state index in [-0.39, 0.29) is 5.41 Å². The second-order valence-electron chi connectivity index (χ2n) is 19.5. The molecule has 0 saturated heterocycles. The molecule has 1 aromatic heterocycles. The molecule has 4 nitrogen and oxygen atoms in total. The van der Waals surface area contributed by atoms with Crippen molar-refractivity contribution in [2.45, 2.75) is 37.5 Å². The molecule has 0 N–H and O–H groups in total. The highest BCUT2D eigenvalue weighted by molar-refractivity contribution is 7.70. The van der Waals surface area contributed by atoms with Crippen LogP contribution in [0.25, 0.3) is 78.3 Å². The molecule has 0 amide bonds. The van der Waals surface area contributed by atoms with Crippen molar-refractivity contribution in [3.05, 3.63) is 205 Å². The van der Waals surface area contributed by atoms with Crippen molar-refractivity contribution in [3.8, 4) is 67.5 Å². The molecule has 9 aromatic rings. The average molecular weight is 874 g/mol. The number of aromatic nitrogens is 3. The molecule has 13 rings (SSSR count). The molecule has 0 aliphatic heterocycles. The minimum absolute atomic E-state index is 0.0656. The maximum atomic E-state index is 13.3. The van der Waals surface area contributed by atoms with E-state index in [9.17, 15) is 4.57 Å². The Morgan fingerprint density at radius 1 is 0.379 bits per heavy atom. The number of rotatable bonds is 9. The summed E-state index contributed by atoms with van der Waals surface area (Å²) >= 11 is 0. The van der Waals surface area contributed by atoms with Gasteiger partial charge in [0.1, 0.15) is 7.14 Å². The summed E-state index contributed by atoms with van der Waals surface area (Å²) in [6, 6.07) is 69.7. The van der Waals surface area contributed by atoms with Crippen LogP contribution >= 0.6 is 7.14 Å². The van der Waals surface area contributed by atoms with Crippen molar-refractivity contribution in [2.24, 2.45) is 23.7 Å². The molecule has 0 atom stereocenters. The van der Waals surface area contributed by atoms with Gasteiger partial charge in [0.15, 0.2) is 17.5 Å². The smallest absolute Gasteiger partial charge is 0.164 e. The van der Waals surface area contributed by atoms with E-state index in [1.165, 1.54) is 65.5 Å². The summed E-state index contributed by atoms with van der Waals surface area (Å²) in [6.45, 7) is 3.74. The van der Waals surface area contributed by atoms with Crippen LogP contribution in [0.5, 0.6) is 0 Å². The quantitative estimate of drug-likeness (QED) is 0.136. The Labute approximate surface area is 388 Å². The van der Waals surface area contributed by atoms with Crippen LogP contribution in [0, 0.1) is 23.7 Å². The van der Waals surface area contributed by atoms with Gasteiger partial charge in [0.25, 0.3) is 0 Å². The van der Waals surface area contributed by atoms with Crippen LogP contribution in [0.4, 0.5) is 0 Å². The highest BCUT2D eigenvalue weighted by atomic mass is 31.2. The fourth-order valence-electron chi connectivity index (χ4n) is 12.5. The Balaban J connectivity index is 0.933. The number of hydrogen-bond acceptors (Lipinski definition) is 4. The molecule has 1 heterocycles. The predicted octanol–water partition coefficient (Wildman–Crippen LogP) is 15.0. The Morgan fingerprint density at radius 3 is 1.18 bits per heavy atom. The molecule has 8 aromatic carbocycles. The molecule has 0 unspecified atom stereocenters. The summed E-state index contributed by atoms with van der Waals surface area (Å²) < 4.78 is 13.3. The molecule has 4 saturated carbocycles. The van der Waals surface area contributed by atoms with E-state index in [1.807, 2.05) is 25.5 Å². The van der Waals surface area contributed by atoms with Gasteiger partial charge in [-0.05, 0) is 124 Å². The first kappa shape index (κ1) is 40.7. The summed E-state index contributed by atoms with van der Waals surface area (Å²) in [4.78, 5) is 15.5. The van der Waals surface area contributed by atoms with Gasteiger partial charge in [-0.15, -0.1) is 0 Å². The summed E-state index contributed by atoms with van der Waals surface area (Å²) in [5.41, 5.74) is 12.7. The zero-order valence-corrected chi connectivity index (χ0v) is 38.4. The minimum Gasteiger partial charge on any atom is -0.319 e. The molecule has 5 heteroatoms. The van der Waals surface area contributed by atoms with Crippen LogP contribution in [0.15, 0.2) is 194 Å². The fourth-order valence-corrected chi connectivity index (χ4v) is 13.7. The van der Waals surface area contributed by atoms with Gasteiger partial charge in [0.2, 0.25) is 0 Å². The highest BCUT2D eigenvalue weighted by Crippen LogP contribution is 2.65. The molecule has 322 valence electrons. The van der Waals surface area contributed by atoms with Gasteiger partial charge >= 0.3 is 0 Å². The van der Waals surface area contributed by atoms with Crippen LogP contribution in [0.3, 0.4) is 0 Å². The Kier molecular flexibility index (Phi) is 10.1. The number of benzene rings is 8. The van der Waals surface area contributed by atoms with Crippen molar-refractivity contribution in [2.75, 3.05) is 13.3 Å². The number of fused-ring (bicyclic) bond motifs is 1. The average Bonchev–Trinajstić information content (AvgIpc) is 3.36. The largest absolute Gasteiger partial charge is 0.319 e. The third-order valence-electron chi connectivity index (χ3n) is 15.3. The lowest BCUT2D eigenvalue weighted by atomic mass is 9.42. The molecule has 66 heavy (non-hydrogen) atoms. The van der Waals surface area contributed by atoms with Gasteiger partial charge in [-0.1, -0.05) is 194 Å². The molecule has 4 bridgehead atoms. The number of hydrogen-bond donors (Lipinski definition) is 0. The van der Waals surface area contributed by atoms with Crippen LogP contribution in [0.1, 0.15) is 43.2 Å². The first-order valence-corrected chi connectivity index (χ1v) is 26.2. The van der Waals surface area contributed by atoms with E-state index < -0.39 is 7.14 Å². The van der Waals surface area contributed by atoms with Crippen LogP contribution in [0.2, 0.25) is 0 Å². The standard InChI is InChI=1S/C61H52N3OP/c1-66(2,65)57-34-33-54(55-15-9-10-16-56(55)57)46-25-29-50(30-26-46)61(52-36-40-35-41(38-52)39-53(61)37-40)51-31-27-49(28-32-51)60-63-58(47-21-17-44(18-22-47)42-11-5-3-6-12-42)62-59(64-60)48-23-19-45(20-24-48)43-13-7-4-8-14-43/h3-34,40-41,52-53H,35-39H2,1-2H3. The molecule has 0 radical (unpaired) electrons. The topological polar surface area (TPSA) is 55.7 Å². The van der Waals surface area contributed by atoms with E-state index in [2.05, 4.69) is 182 Å². The van der Waals surface area contributed by atoms with E-state index in [0.717, 1.165) is 55.7 Å². The highest BCUT2D eigenvalue weighted by Gasteiger charge is 2.58. The molecule has 4 fully saturated rings. The third-order valence-corrected chi connectivity index (χ3v) is 16.9. The first-order valence-electron chi connectivity index (χ1n) is 23.6. The van der Waals surface area contributed by atoms with Crippen molar-refractivity contribution in [3.63, 3.8) is 0 Å². The van der Waals surface area contributed by atoms with E-state index in [1.54, 1.807) is 0 Å². The summed E-state index contributed by atoms with van der Waals surface area (Å²) in [6.07, 6.45) is 6.58. The van der Waals surface area contributed by atoms with E-state index >= 15 is 0 Å². The lowest BCUT2D eigenvalue weighted by Gasteiger charge is -2.62. The normalized spacial score (nSPS) is 21.0. The zero-order valence-electron chi connectivity index (χ0n) is 37.5. The second kappa shape index (κ2) is 16.3. The summed E-state index contributed by atoms with van der Waals surface area (Å²) in [5.74, 6) is 4.85. The van der Waals surface area contributed by atoms with Crippen LogP contribution in [-0.4, -0.2) is 28.3 Å². The third kappa shape index (κ3) is 7.15. The maximum absolute atomic E-state index is 13.3. The number of nitrogens with zero attached hydrogens (tertiary/aromatic N) is 3. The van der Waals surface area contributed by atoms with Crippen molar-refractivity contribution < 1.29 is 4.57 Å². The maximum Gasteiger partial charge on any atom is 0.164 e. The molecule has 0 spiro atoms. The fraction of sp³-hybridized carbons (Fsp3) is 0.197. The van der Waals surface area contributed by atoms with Crippen molar-refractivity contribution >= 4 is 23.2 Å². The Bertz CT molecular complexity index is 3140. The van der Waals surface area contributed by atoms with Gasteiger partial charge in [-0.25, -0.2) is 15.0 Å². The monoisotopic (exact) mass is 873 g/mol. The predicted molar refractivity (Wildman–Crippen MR) is 273 cm³/mol. The SMILES string of the molecule is CP(C)(=O)c1ccc(-c2ccc(C3(c4ccc(-c5nc(-c6ccc(-c7ccccc7)cc6)nc(-c6ccc(-c7ccccc7)cc6)n5)cc4)C4CC5CC(C4)CC3C5)cc2)c2ccccc12. The summed E-state index contributed by atoms with van der Waals surface area (Å²) in [7, 11) is -2.45. The van der Waals surface area contributed by atoms with Crippen LogP contribution < -0.4 is 5.30 Å². The lowest BCUT2D eigenvalue weighted by molar-refractivity contribution is -0.0418. The lowest BCUT2D eigenvalue weighted by Crippen LogP contribution is -2.56. The van der Waals surface area contributed by atoms with Crippen LogP contribution in [-0.2, 0) is 9.98 Å². The minimum atomic E-state index is -2.45. The van der Waals surface area contributed by atoms with Gasteiger partial charge in [0, 0.05) is 27.4 Å². The molecular weight excluding hydrogens is 822 g/mol. The Morgan fingerprint density at radius 2 is 0.742 bits per heavy atom. The molecule has 4 aliphatic rings.